The number of benzene rings is 3. The molecule has 3 aromatic rings. The van der Waals surface area contributed by atoms with Crippen molar-refractivity contribution >= 4 is 17.5 Å². The van der Waals surface area contributed by atoms with E-state index in [0.717, 1.165) is 15.4 Å². The second-order valence-electron chi connectivity index (χ2n) is 5.40. The maximum absolute atomic E-state index is 12.0. The summed E-state index contributed by atoms with van der Waals surface area (Å²) in [5.74, 6) is 0.636. The molecule has 24 heavy (non-hydrogen) atoms. The maximum atomic E-state index is 12.0. The molecule has 0 aromatic heterocycles. The first-order valence-electron chi connectivity index (χ1n) is 7.77. The topological polar surface area (TPSA) is 26.3 Å². The standard InChI is InChI=1S/C21H18O2S/c1-16(22)20-14-19(24-18-10-6-3-7-11-18)12-13-21(20)23-15-17-8-4-2-5-9-17/h2-14H,15H2,1H3. The van der Waals surface area contributed by atoms with Gasteiger partial charge in [0.2, 0.25) is 0 Å². The van der Waals surface area contributed by atoms with E-state index in [0.29, 0.717) is 17.9 Å². The molecule has 0 amide bonds. The summed E-state index contributed by atoms with van der Waals surface area (Å²) in [6, 6.07) is 25.8. The highest BCUT2D eigenvalue weighted by Gasteiger charge is 2.11. The number of Topliss-reactive ketones (excluding diaryl/α,β-unsaturated/α-hetero) is 1. The van der Waals surface area contributed by atoms with Crippen LogP contribution < -0.4 is 4.74 Å². The van der Waals surface area contributed by atoms with Gasteiger partial charge in [0.1, 0.15) is 12.4 Å². The zero-order valence-electron chi connectivity index (χ0n) is 13.4. The third kappa shape index (κ3) is 4.27. The minimum absolute atomic E-state index is 0.00794. The van der Waals surface area contributed by atoms with E-state index in [1.807, 2.05) is 66.7 Å². The molecule has 0 bridgehead atoms. The van der Waals surface area contributed by atoms with Gasteiger partial charge in [-0.1, -0.05) is 60.3 Å². The number of rotatable bonds is 6. The van der Waals surface area contributed by atoms with Crippen LogP contribution in [0.4, 0.5) is 0 Å². The molecular formula is C21H18O2S. The Balaban J connectivity index is 1.78. The third-order valence-electron chi connectivity index (χ3n) is 3.55. The van der Waals surface area contributed by atoms with Gasteiger partial charge in [-0.25, -0.2) is 0 Å². The van der Waals surface area contributed by atoms with Gasteiger partial charge >= 0.3 is 0 Å². The highest BCUT2D eigenvalue weighted by Crippen LogP contribution is 2.31. The first-order valence-corrected chi connectivity index (χ1v) is 8.58. The predicted molar refractivity (Wildman–Crippen MR) is 97.8 cm³/mol. The fourth-order valence-electron chi connectivity index (χ4n) is 2.33. The van der Waals surface area contributed by atoms with Gasteiger partial charge in [0.25, 0.3) is 0 Å². The largest absolute Gasteiger partial charge is 0.488 e. The molecule has 0 atom stereocenters. The third-order valence-corrected chi connectivity index (χ3v) is 4.54. The van der Waals surface area contributed by atoms with Crippen molar-refractivity contribution in [3.8, 4) is 5.75 Å². The summed E-state index contributed by atoms with van der Waals surface area (Å²) >= 11 is 1.63. The summed E-state index contributed by atoms with van der Waals surface area (Å²) in [5.41, 5.74) is 1.70. The molecule has 2 nitrogen and oxygen atoms in total. The Kier molecular flexibility index (Phi) is 5.34. The zero-order valence-corrected chi connectivity index (χ0v) is 14.3. The lowest BCUT2D eigenvalue weighted by Crippen LogP contribution is -2.01. The number of ether oxygens (including phenoxy) is 1. The van der Waals surface area contributed by atoms with E-state index in [-0.39, 0.29) is 5.78 Å². The molecule has 120 valence electrons. The van der Waals surface area contributed by atoms with Crippen molar-refractivity contribution in [3.05, 3.63) is 90.0 Å². The second kappa shape index (κ2) is 7.84. The lowest BCUT2D eigenvalue weighted by molar-refractivity contribution is 0.101. The van der Waals surface area contributed by atoms with Crippen LogP contribution in [0.1, 0.15) is 22.8 Å². The van der Waals surface area contributed by atoms with E-state index < -0.39 is 0 Å². The van der Waals surface area contributed by atoms with Gasteiger partial charge < -0.3 is 4.74 Å². The molecule has 3 rings (SSSR count). The van der Waals surface area contributed by atoms with Crippen molar-refractivity contribution in [2.75, 3.05) is 0 Å². The van der Waals surface area contributed by atoms with Crippen LogP contribution in [-0.4, -0.2) is 5.78 Å². The lowest BCUT2D eigenvalue weighted by atomic mass is 10.1. The Bertz CT molecular complexity index is 814. The molecule has 3 heteroatoms. The molecule has 0 heterocycles. The zero-order chi connectivity index (χ0) is 16.8. The summed E-state index contributed by atoms with van der Waals surface area (Å²) in [6.07, 6.45) is 0. The minimum atomic E-state index is 0.00794. The molecule has 0 aliphatic rings. The molecule has 0 spiro atoms. The first-order chi connectivity index (χ1) is 11.7. The summed E-state index contributed by atoms with van der Waals surface area (Å²) in [5, 5.41) is 0. The van der Waals surface area contributed by atoms with Gasteiger partial charge in [0, 0.05) is 9.79 Å². The second-order valence-corrected chi connectivity index (χ2v) is 6.55. The molecule has 0 saturated heterocycles. The van der Waals surface area contributed by atoms with Crippen molar-refractivity contribution in [1.29, 1.82) is 0 Å². The van der Waals surface area contributed by atoms with E-state index in [4.69, 9.17) is 4.74 Å². The Labute approximate surface area is 146 Å². The minimum Gasteiger partial charge on any atom is -0.488 e. The number of carbonyl (C=O) groups excluding carboxylic acids is 1. The lowest BCUT2D eigenvalue weighted by Gasteiger charge is -2.11. The molecule has 0 saturated carbocycles. The smallest absolute Gasteiger partial charge is 0.163 e. The normalized spacial score (nSPS) is 10.4. The average molecular weight is 334 g/mol. The van der Waals surface area contributed by atoms with E-state index in [2.05, 4.69) is 12.1 Å². The van der Waals surface area contributed by atoms with Crippen molar-refractivity contribution in [2.24, 2.45) is 0 Å². The van der Waals surface area contributed by atoms with Gasteiger partial charge in [-0.3, -0.25) is 4.79 Å². The van der Waals surface area contributed by atoms with Crippen LogP contribution in [0.5, 0.6) is 5.75 Å². The fraction of sp³-hybridized carbons (Fsp3) is 0.0952. The quantitative estimate of drug-likeness (QED) is 0.547. The fourth-order valence-corrected chi connectivity index (χ4v) is 3.21. The van der Waals surface area contributed by atoms with E-state index in [1.165, 1.54) is 0 Å². The Morgan fingerprint density at radius 1 is 0.875 bits per heavy atom. The molecule has 3 aromatic carbocycles. The highest BCUT2D eigenvalue weighted by molar-refractivity contribution is 7.99. The summed E-state index contributed by atoms with van der Waals surface area (Å²) in [7, 11) is 0. The van der Waals surface area contributed by atoms with Crippen LogP contribution in [-0.2, 0) is 6.61 Å². The van der Waals surface area contributed by atoms with Crippen LogP contribution in [0.3, 0.4) is 0 Å². The van der Waals surface area contributed by atoms with Crippen molar-refractivity contribution in [2.45, 2.75) is 23.3 Å². The average Bonchev–Trinajstić information content (AvgIpc) is 2.62. The van der Waals surface area contributed by atoms with Crippen molar-refractivity contribution < 1.29 is 9.53 Å². The summed E-state index contributed by atoms with van der Waals surface area (Å²) < 4.78 is 5.86. The number of hydrogen-bond donors (Lipinski definition) is 0. The molecule has 0 aliphatic carbocycles. The Hall–Kier alpha value is -2.52. The molecule has 0 aliphatic heterocycles. The van der Waals surface area contributed by atoms with E-state index in [9.17, 15) is 4.79 Å². The van der Waals surface area contributed by atoms with Gasteiger partial charge in [-0.15, -0.1) is 0 Å². The summed E-state index contributed by atoms with van der Waals surface area (Å²) in [4.78, 5) is 14.2. The van der Waals surface area contributed by atoms with Crippen LogP contribution in [0, 0.1) is 0 Å². The van der Waals surface area contributed by atoms with Gasteiger partial charge in [0.05, 0.1) is 5.56 Å². The first kappa shape index (κ1) is 16.3. The molecular weight excluding hydrogens is 316 g/mol. The summed E-state index contributed by atoms with van der Waals surface area (Å²) in [6.45, 7) is 2.02. The van der Waals surface area contributed by atoms with Crippen LogP contribution >= 0.6 is 11.8 Å². The van der Waals surface area contributed by atoms with Gasteiger partial charge in [0.15, 0.2) is 5.78 Å². The Morgan fingerprint density at radius 3 is 2.21 bits per heavy atom. The van der Waals surface area contributed by atoms with Crippen molar-refractivity contribution in [3.63, 3.8) is 0 Å². The van der Waals surface area contributed by atoms with Crippen molar-refractivity contribution in [1.82, 2.24) is 0 Å². The maximum Gasteiger partial charge on any atom is 0.163 e. The molecule has 0 radical (unpaired) electrons. The number of carbonyl (C=O) groups is 1. The highest BCUT2D eigenvalue weighted by atomic mass is 32.2. The van der Waals surface area contributed by atoms with Gasteiger partial charge in [-0.05, 0) is 42.8 Å². The van der Waals surface area contributed by atoms with Crippen LogP contribution in [0.25, 0.3) is 0 Å². The predicted octanol–water partition coefficient (Wildman–Crippen LogP) is 5.62. The number of hydrogen-bond acceptors (Lipinski definition) is 3. The Morgan fingerprint density at radius 2 is 1.54 bits per heavy atom. The van der Waals surface area contributed by atoms with E-state index in [1.54, 1.807) is 18.7 Å². The van der Waals surface area contributed by atoms with Crippen LogP contribution in [0.2, 0.25) is 0 Å². The SMILES string of the molecule is CC(=O)c1cc(Sc2ccccc2)ccc1OCc1ccccc1. The van der Waals surface area contributed by atoms with E-state index >= 15 is 0 Å². The molecule has 0 N–H and O–H groups in total. The number of ketones is 1. The van der Waals surface area contributed by atoms with Gasteiger partial charge in [-0.2, -0.15) is 0 Å². The molecule has 0 unspecified atom stereocenters. The monoisotopic (exact) mass is 334 g/mol. The molecule has 0 fully saturated rings. The van der Waals surface area contributed by atoms with Crippen LogP contribution in [0.15, 0.2) is 88.7 Å².